The zero-order chi connectivity index (χ0) is 14.4. The van der Waals surface area contributed by atoms with E-state index in [1.807, 2.05) is 31.2 Å². The van der Waals surface area contributed by atoms with Crippen LogP contribution in [0.2, 0.25) is 0 Å². The number of aryl methyl sites for hydroxylation is 1. The van der Waals surface area contributed by atoms with Crippen molar-refractivity contribution in [1.82, 2.24) is 0 Å². The Balaban J connectivity index is 2.05. The van der Waals surface area contributed by atoms with Crippen molar-refractivity contribution in [3.8, 4) is 17.2 Å². The smallest absolute Gasteiger partial charge is 0.100 e. The molecule has 0 heterocycles. The molecular formula is C18H18FN. The summed E-state index contributed by atoms with van der Waals surface area (Å²) in [6.07, 6.45) is 1.26. The summed E-state index contributed by atoms with van der Waals surface area (Å²) in [5, 5.41) is 8.78. The lowest BCUT2D eigenvalue weighted by Crippen LogP contribution is -1.99. The summed E-state index contributed by atoms with van der Waals surface area (Å²) in [7, 11) is 0. The predicted octanol–water partition coefficient (Wildman–Crippen LogP) is 4.91. The van der Waals surface area contributed by atoms with Crippen molar-refractivity contribution in [3.63, 3.8) is 0 Å². The normalized spacial score (nSPS) is 11.8. The Kier molecular flexibility index (Phi) is 4.90. The second kappa shape index (κ2) is 6.86. The van der Waals surface area contributed by atoms with Crippen LogP contribution in [0.25, 0.3) is 11.1 Å². The van der Waals surface area contributed by atoms with Gasteiger partial charge < -0.3 is 0 Å². The zero-order valence-electron chi connectivity index (χ0n) is 11.6. The fourth-order valence-electron chi connectivity index (χ4n) is 2.13. The first-order valence-corrected chi connectivity index (χ1v) is 6.96. The van der Waals surface area contributed by atoms with Crippen LogP contribution >= 0.6 is 0 Å². The van der Waals surface area contributed by atoms with Gasteiger partial charge in [0.1, 0.15) is 6.17 Å². The van der Waals surface area contributed by atoms with Gasteiger partial charge in [0.05, 0.1) is 11.6 Å². The third-order valence-corrected chi connectivity index (χ3v) is 3.49. The highest BCUT2D eigenvalue weighted by Gasteiger charge is 2.04. The molecule has 2 aromatic rings. The van der Waals surface area contributed by atoms with E-state index in [2.05, 4.69) is 30.3 Å². The van der Waals surface area contributed by atoms with E-state index in [0.29, 0.717) is 18.4 Å². The summed E-state index contributed by atoms with van der Waals surface area (Å²) in [5.41, 5.74) is 4.04. The summed E-state index contributed by atoms with van der Waals surface area (Å²) in [5.74, 6) is 0. The fourth-order valence-corrected chi connectivity index (χ4v) is 2.13. The van der Waals surface area contributed by atoms with Crippen LogP contribution in [0.5, 0.6) is 0 Å². The Labute approximate surface area is 119 Å². The number of rotatable bonds is 5. The number of benzene rings is 2. The molecule has 1 nitrogen and oxygen atoms in total. The second-order valence-corrected chi connectivity index (χ2v) is 4.93. The van der Waals surface area contributed by atoms with Gasteiger partial charge in [-0.05, 0) is 48.1 Å². The van der Waals surface area contributed by atoms with E-state index in [1.165, 1.54) is 5.56 Å². The molecule has 0 amide bonds. The number of nitriles is 1. The first-order valence-electron chi connectivity index (χ1n) is 6.96. The minimum atomic E-state index is -0.701. The van der Waals surface area contributed by atoms with Gasteiger partial charge in [-0.2, -0.15) is 5.26 Å². The van der Waals surface area contributed by atoms with Crippen molar-refractivity contribution in [2.75, 3.05) is 0 Å². The molecule has 20 heavy (non-hydrogen) atoms. The molecule has 0 fully saturated rings. The third kappa shape index (κ3) is 3.68. The molecule has 2 aromatic carbocycles. The van der Waals surface area contributed by atoms with Gasteiger partial charge >= 0.3 is 0 Å². The molecule has 1 unspecified atom stereocenters. The van der Waals surface area contributed by atoms with Gasteiger partial charge in [-0.15, -0.1) is 0 Å². The molecule has 0 aliphatic carbocycles. The van der Waals surface area contributed by atoms with E-state index in [1.54, 1.807) is 0 Å². The quantitative estimate of drug-likeness (QED) is 0.755. The molecule has 2 heteroatoms. The molecule has 0 spiro atoms. The molecule has 0 N–H and O–H groups in total. The van der Waals surface area contributed by atoms with Crippen LogP contribution in [0.3, 0.4) is 0 Å². The topological polar surface area (TPSA) is 23.8 Å². The first kappa shape index (κ1) is 14.3. The van der Waals surface area contributed by atoms with Gasteiger partial charge in [0.15, 0.2) is 0 Å². The summed E-state index contributed by atoms with van der Waals surface area (Å²) in [4.78, 5) is 0. The van der Waals surface area contributed by atoms with Crippen molar-refractivity contribution in [2.24, 2.45) is 0 Å². The Hall–Kier alpha value is -2.14. The predicted molar refractivity (Wildman–Crippen MR) is 80.1 cm³/mol. The monoisotopic (exact) mass is 267 g/mol. The van der Waals surface area contributed by atoms with Crippen LogP contribution < -0.4 is 0 Å². The first-order chi connectivity index (χ1) is 9.72. The Morgan fingerprint density at radius 1 is 1.00 bits per heavy atom. The van der Waals surface area contributed by atoms with Crippen molar-refractivity contribution >= 4 is 0 Å². The van der Waals surface area contributed by atoms with Gasteiger partial charge in [0.25, 0.3) is 0 Å². The van der Waals surface area contributed by atoms with Crippen molar-refractivity contribution in [3.05, 3.63) is 59.7 Å². The van der Waals surface area contributed by atoms with E-state index < -0.39 is 6.17 Å². The Morgan fingerprint density at radius 3 is 2.05 bits per heavy atom. The van der Waals surface area contributed by atoms with Gasteiger partial charge in [-0.3, -0.25) is 0 Å². The lowest BCUT2D eigenvalue weighted by Gasteiger charge is -2.07. The minimum absolute atomic E-state index is 0.587. The van der Waals surface area contributed by atoms with Crippen LogP contribution in [0, 0.1) is 11.3 Å². The SMILES string of the molecule is CCC(F)CCc1ccc(-c2ccc(C#N)cc2)cc1. The standard InChI is InChI=1S/C18H18FN/c1-2-18(19)12-7-14-3-8-16(9-4-14)17-10-5-15(13-20)6-11-17/h3-6,8-11,18H,2,7,12H2,1H3. The largest absolute Gasteiger partial charge is 0.247 e. The van der Waals surface area contributed by atoms with Crippen LogP contribution in [-0.2, 0) is 6.42 Å². The number of alkyl halides is 1. The molecular weight excluding hydrogens is 249 g/mol. The van der Waals surface area contributed by atoms with Crippen molar-refractivity contribution < 1.29 is 4.39 Å². The van der Waals surface area contributed by atoms with E-state index in [9.17, 15) is 4.39 Å². The molecule has 0 aliphatic rings. The average Bonchev–Trinajstić information content (AvgIpc) is 2.53. The molecule has 1 atom stereocenters. The summed E-state index contributed by atoms with van der Waals surface area (Å²) < 4.78 is 13.2. The molecule has 0 saturated heterocycles. The van der Waals surface area contributed by atoms with Gasteiger partial charge in [0.2, 0.25) is 0 Å². The molecule has 0 bridgehead atoms. The highest BCUT2D eigenvalue weighted by atomic mass is 19.1. The summed E-state index contributed by atoms with van der Waals surface area (Å²) >= 11 is 0. The summed E-state index contributed by atoms with van der Waals surface area (Å²) in [6, 6.07) is 17.8. The van der Waals surface area contributed by atoms with E-state index in [4.69, 9.17) is 5.26 Å². The molecule has 0 radical (unpaired) electrons. The number of hydrogen-bond acceptors (Lipinski definition) is 1. The van der Waals surface area contributed by atoms with E-state index in [0.717, 1.165) is 17.5 Å². The number of hydrogen-bond donors (Lipinski definition) is 0. The van der Waals surface area contributed by atoms with E-state index >= 15 is 0 Å². The maximum absolute atomic E-state index is 13.2. The Morgan fingerprint density at radius 2 is 1.55 bits per heavy atom. The van der Waals surface area contributed by atoms with Crippen molar-refractivity contribution in [1.29, 1.82) is 5.26 Å². The molecule has 0 aliphatic heterocycles. The molecule has 102 valence electrons. The highest BCUT2D eigenvalue weighted by Crippen LogP contribution is 2.21. The molecule has 2 rings (SSSR count). The average molecular weight is 267 g/mol. The lowest BCUT2D eigenvalue weighted by molar-refractivity contribution is 0.306. The third-order valence-electron chi connectivity index (χ3n) is 3.49. The zero-order valence-corrected chi connectivity index (χ0v) is 11.6. The maximum Gasteiger partial charge on any atom is 0.100 e. The fraction of sp³-hybridized carbons (Fsp3) is 0.278. The Bertz CT molecular complexity index is 578. The van der Waals surface area contributed by atoms with Gasteiger partial charge in [0, 0.05) is 0 Å². The highest BCUT2D eigenvalue weighted by molar-refractivity contribution is 5.64. The van der Waals surface area contributed by atoms with Crippen LogP contribution in [0.4, 0.5) is 4.39 Å². The van der Waals surface area contributed by atoms with Gasteiger partial charge in [-0.25, -0.2) is 4.39 Å². The molecule has 0 aromatic heterocycles. The van der Waals surface area contributed by atoms with Crippen molar-refractivity contribution in [2.45, 2.75) is 32.4 Å². The summed E-state index contributed by atoms with van der Waals surface area (Å²) in [6.45, 7) is 1.87. The number of halogens is 1. The van der Waals surface area contributed by atoms with E-state index in [-0.39, 0.29) is 0 Å². The maximum atomic E-state index is 13.2. The minimum Gasteiger partial charge on any atom is -0.247 e. The van der Waals surface area contributed by atoms with Crippen LogP contribution in [0.1, 0.15) is 30.9 Å². The lowest BCUT2D eigenvalue weighted by atomic mass is 10.0. The van der Waals surface area contributed by atoms with Gasteiger partial charge in [-0.1, -0.05) is 43.3 Å². The number of nitrogens with zero attached hydrogens (tertiary/aromatic N) is 1. The second-order valence-electron chi connectivity index (χ2n) is 4.93. The molecule has 0 saturated carbocycles. The van der Waals surface area contributed by atoms with Crippen LogP contribution in [-0.4, -0.2) is 6.17 Å². The van der Waals surface area contributed by atoms with Crippen LogP contribution in [0.15, 0.2) is 48.5 Å².